The van der Waals surface area contributed by atoms with Gasteiger partial charge in [0.2, 0.25) is 0 Å². The molecule has 0 fully saturated rings. The fourth-order valence-corrected chi connectivity index (χ4v) is 6.87. The zero-order chi connectivity index (χ0) is 33.4. The maximum Gasteiger partial charge on any atom is 0.294 e. The van der Waals surface area contributed by atoms with Crippen LogP contribution in [0.15, 0.2) is 126 Å². The van der Waals surface area contributed by atoms with Gasteiger partial charge < -0.3 is 9.80 Å². The Kier molecular flexibility index (Phi) is 11.6. The monoisotopic (exact) mass is 686 g/mol. The molecule has 5 aromatic carbocycles. The molecular formula is C39H40Cl2N2O3S. The molecule has 8 heteroatoms. The van der Waals surface area contributed by atoms with Crippen molar-refractivity contribution in [3.05, 3.63) is 148 Å². The highest BCUT2D eigenvalue weighted by Crippen LogP contribution is 2.38. The van der Waals surface area contributed by atoms with E-state index >= 15 is 0 Å². The number of benzene rings is 5. The molecule has 5 nitrogen and oxygen atoms in total. The fraction of sp³-hybridized carbons (Fsp3) is 0.231. The predicted octanol–water partition coefficient (Wildman–Crippen LogP) is 11.3. The zero-order valence-corrected chi connectivity index (χ0v) is 29.0. The molecule has 47 heavy (non-hydrogen) atoms. The average molecular weight is 688 g/mol. The average Bonchev–Trinajstić information content (AvgIpc) is 3.08. The second-order valence-corrected chi connectivity index (χ2v) is 13.9. The van der Waals surface area contributed by atoms with E-state index in [1.165, 1.54) is 6.07 Å². The van der Waals surface area contributed by atoms with Gasteiger partial charge in [-0.3, -0.25) is 4.55 Å². The summed E-state index contributed by atoms with van der Waals surface area (Å²) in [4.78, 5) is 4.43. The second kappa shape index (κ2) is 15.9. The third-order valence-electron chi connectivity index (χ3n) is 8.33. The molecule has 0 spiro atoms. The minimum Gasteiger partial charge on any atom is -0.341 e. The fourth-order valence-electron chi connectivity index (χ4n) is 5.89. The Bertz CT molecular complexity index is 1740. The van der Waals surface area contributed by atoms with Crippen molar-refractivity contribution in [2.75, 3.05) is 22.9 Å². The minimum atomic E-state index is -4.48. The van der Waals surface area contributed by atoms with E-state index in [0.29, 0.717) is 15.6 Å². The van der Waals surface area contributed by atoms with Crippen molar-refractivity contribution < 1.29 is 13.0 Å². The molecular weight excluding hydrogens is 647 g/mol. The van der Waals surface area contributed by atoms with E-state index in [1.807, 2.05) is 72.8 Å². The number of nitrogens with zero attached hydrogens (tertiary/aromatic N) is 2. The third-order valence-corrected chi connectivity index (χ3v) is 9.76. The van der Waals surface area contributed by atoms with E-state index in [1.54, 1.807) is 18.2 Å². The van der Waals surface area contributed by atoms with Gasteiger partial charge in [0, 0.05) is 51.8 Å². The zero-order valence-electron chi connectivity index (χ0n) is 26.7. The smallest absolute Gasteiger partial charge is 0.294 e. The Hall–Kier alpha value is -3.81. The standard InChI is InChI=1S/C39H40Cl2N2O3S/c1-3-5-27-42(35-23-15-31(40)16-24-35)33-19-11-29(12-20-33)39(37-9-7-8-10-38(37)47(44,45)46)30-13-21-34(22-14-30)43(28-6-4-2)36-25-17-32(41)18-26-36/h7-26,39H,3-6,27-28H2,1-2H3,(H,44,45,46). The largest absolute Gasteiger partial charge is 0.341 e. The summed E-state index contributed by atoms with van der Waals surface area (Å²) in [5, 5.41) is 1.38. The van der Waals surface area contributed by atoms with Crippen LogP contribution in [0.3, 0.4) is 0 Å². The van der Waals surface area contributed by atoms with Crippen LogP contribution in [0.1, 0.15) is 62.1 Å². The van der Waals surface area contributed by atoms with Crippen molar-refractivity contribution in [2.24, 2.45) is 0 Å². The van der Waals surface area contributed by atoms with Crippen molar-refractivity contribution in [3.8, 4) is 0 Å². The quantitative estimate of drug-likeness (QED) is 0.0930. The summed E-state index contributed by atoms with van der Waals surface area (Å²) >= 11 is 12.4. The highest BCUT2D eigenvalue weighted by atomic mass is 35.5. The lowest BCUT2D eigenvalue weighted by Gasteiger charge is -2.27. The number of halogens is 2. The molecule has 0 aliphatic rings. The van der Waals surface area contributed by atoms with Crippen LogP contribution in [0.25, 0.3) is 0 Å². The number of unbranched alkanes of at least 4 members (excludes halogenated alkanes) is 2. The number of hydrogen-bond donors (Lipinski definition) is 1. The first kappa shape index (κ1) is 34.5. The Morgan fingerprint density at radius 3 is 1.30 bits per heavy atom. The summed E-state index contributed by atoms with van der Waals surface area (Å²) in [7, 11) is -4.48. The summed E-state index contributed by atoms with van der Waals surface area (Å²) in [5.74, 6) is -0.449. The number of anilines is 4. The first-order chi connectivity index (χ1) is 22.7. The van der Waals surface area contributed by atoms with E-state index in [4.69, 9.17) is 23.2 Å². The number of rotatable bonds is 14. The molecule has 1 N–H and O–H groups in total. The van der Waals surface area contributed by atoms with Crippen LogP contribution in [0.2, 0.25) is 10.0 Å². The first-order valence-corrected chi connectivity index (χ1v) is 18.2. The van der Waals surface area contributed by atoms with Gasteiger partial charge in [-0.2, -0.15) is 8.42 Å². The van der Waals surface area contributed by atoms with Crippen molar-refractivity contribution in [1.82, 2.24) is 0 Å². The highest BCUT2D eigenvalue weighted by molar-refractivity contribution is 7.85. The van der Waals surface area contributed by atoms with Gasteiger partial charge in [0.25, 0.3) is 10.1 Å². The molecule has 0 aromatic heterocycles. The van der Waals surface area contributed by atoms with Gasteiger partial charge in [0.15, 0.2) is 0 Å². The van der Waals surface area contributed by atoms with Gasteiger partial charge in [0.1, 0.15) is 0 Å². The van der Waals surface area contributed by atoms with Crippen molar-refractivity contribution in [1.29, 1.82) is 0 Å². The summed E-state index contributed by atoms with van der Waals surface area (Å²) in [6, 6.07) is 38.8. The third kappa shape index (κ3) is 8.57. The summed E-state index contributed by atoms with van der Waals surface area (Å²) in [6.07, 6.45) is 4.15. The molecule has 0 amide bonds. The molecule has 0 atom stereocenters. The first-order valence-electron chi connectivity index (χ1n) is 16.0. The van der Waals surface area contributed by atoms with Crippen LogP contribution < -0.4 is 9.80 Å². The van der Waals surface area contributed by atoms with Crippen LogP contribution in [0.5, 0.6) is 0 Å². The maximum absolute atomic E-state index is 12.6. The van der Waals surface area contributed by atoms with Crippen molar-refractivity contribution in [3.63, 3.8) is 0 Å². The van der Waals surface area contributed by atoms with Gasteiger partial charge in [-0.25, -0.2) is 0 Å². The van der Waals surface area contributed by atoms with Gasteiger partial charge in [-0.05, 0) is 108 Å². The van der Waals surface area contributed by atoms with E-state index in [2.05, 4.69) is 47.9 Å². The van der Waals surface area contributed by atoms with Crippen molar-refractivity contribution in [2.45, 2.75) is 50.3 Å². The molecule has 5 rings (SSSR count). The highest BCUT2D eigenvalue weighted by Gasteiger charge is 2.25. The number of hydrogen-bond acceptors (Lipinski definition) is 4. The molecule has 0 saturated heterocycles. The lowest BCUT2D eigenvalue weighted by atomic mass is 9.85. The molecule has 244 valence electrons. The van der Waals surface area contributed by atoms with Crippen LogP contribution in [0, 0.1) is 0 Å². The molecule has 0 aliphatic heterocycles. The lowest BCUT2D eigenvalue weighted by Crippen LogP contribution is -2.19. The van der Waals surface area contributed by atoms with E-state index in [9.17, 15) is 13.0 Å². The molecule has 0 saturated carbocycles. The summed E-state index contributed by atoms with van der Waals surface area (Å²) in [5.41, 5.74) is 6.47. The van der Waals surface area contributed by atoms with Crippen molar-refractivity contribution >= 4 is 56.1 Å². The van der Waals surface area contributed by atoms with Gasteiger partial charge in [-0.15, -0.1) is 0 Å². The second-order valence-electron chi connectivity index (χ2n) is 11.6. The summed E-state index contributed by atoms with van der Waals surface area (Å²) in [6.45, 7) is 6.03. The van der Waals surface area contributed by atoms with Crippen LogP contribution in [-0.4, -0.2) is 26.1 Å². The normalized spacial score (nSPS) is 11.5. The van der Waals surface area contributed by atoms with E-state index in [-0.39, 0.29) is 4.90 Å². The molecule has 0 unspecified atom stereocenters. The summed E-state index contributed by atoms with van der Waals surface area (Å²) < 4.78 is 35.4. The van der Waals surface area contributed by atoms with Gasteiger partial charge in [-0.1, -0.05) is 92.4 Å². The van der Waals surface area contributed by atoms with Crippen LogP contribution in [0.4, 0.5) is 22.7 Å². The molecule has 0 aliphatic carbocycles. The molecule has 0 heterocycles. The maximum atomic E-state index is 12.6. The van der Waals surface area contributed by atoms with Crippen LogP contribution in [-0.2, 0) is 10.1 Å². The molecule has 0 radical (unpaired) electrons. The lowest BCUT2D eigenvalue weighted by molar-refractivity contribution is 0.482. The Morgan fingerprint density at radius 1 is 0.574 bits per heavy atom. The molecule has 0 bridgehead atoms. The topological polar surface area (TPSA) is 60.9 Å². The van der Waals surface area contributed by atoms with Gasteiger partial charge >= 0.3 is 0 Å². The minimum absolute atomic E-state index is 0.102. The Morgan fingerprint density at radius 2 is 0.936 bits per heavy atom. The Balaban J connectivity index is 1.57. The van der Waals surface area contributed by atoms with Crippen LogP contribution >= 0.6 is 23.2 Å². The SMILES string of the molecule is CCCCN(c1ccc(Cl)cc1)c1ccc(C(c2ccc(N(CCCC)c3ccc(Cl)cc3)cc2)c2ccccc2S(=O)(=O)O)cc1. The van der Waals surface area contributed by atoms with Gasteiger partial charge in [0.05, 0.1) is 4.90 Å². The van der Waals surface area contributed by atoms with E-state index in [0.717, 1.165) is 72.6 Å². The predicted molar refractivity (Wildman–Crippen MR) is 197 cm³/mol. The molecule has 5 aromatic rings. The Labute approximate surface area is 289 Å². The van der Waals surface area contributed by atoms with E-state index < -0.39 is 16.0 Å².